The van der Waals surface area contributed by atoms with Crippen molar-refractivity contribution >= 4 is 12.2 Å². The van der Waals surface area contributed by atoms with Crippen molar-refractivity contribution in [1.29, 1.82) is 0 Å². The van der Waals surface area contributed by atoms with Gasteiger partial charge in [0.1, 0.15) is 30.6 Å². The number of aliphatic hydroxyl groups is 4. The van der Waals surface area contributed by atoms with Crippen LogP contribution in [0.3, 0.4) is 0 Å². The molecule has 0 unspecified atom stereocenters. The van der Waals surface area contributed by atoms with E-state index < -0.39 is 36.9 Å². The van der Waals surface area contributed by atoms with Crippen LogP contribution in [0.5, 0.6) is 0 Å². The number of aldehydes is 1. The molecule has 0 fully saturated rings. The second-order valence-electron chi connectivity index (χ2n) is 3.88. The maximum Gasteiger partial charge on any atom is 0.217 e. The summed E-state index contributed by atoms with van der Waals surface area (Å²) >= 11 is 0. The summed E-state index contributed by atoms with van der Waals surface area (Å²) in [6.45, 7) is 3.25. The van der Waals surface area contributed by atoms with Crippen molar-refractivity contribution in [2.45, 2.75) is 44.6 Å². The van der Waals surface area contributed by atoms with Crippen molar-refractivity contribution in [1.82, 2.24) is 5.32 Å². The second-order valence-corrected chi connectivity index (χ2v) is 3.88. The molecule has 0 aliphatic rings. The van der Waals surface area contributed by atoms with E-state index in [1.54, 1.807) is 0 Å². The lowest BCUT2D eigenvalue weighted by Gasteiger charge is -2.25. The van der Waals surface area contributed by atoms with Gasteiger partial charge in [0.2, 0.25) is 5.91 Å². The summed E-state index contributed by atoms with van der Waals surface area (Å²) in [5.74, 6) is -0.558. The molecule has 4 atom stereocenters. The van der Waals surface area contributed by atoms with Gasteiger partial charge in [0, 0.05) is 6.92 Å². The minimum Gasteiger partial charge on any atom is -0.394 e. The number of hydrogen-bond donors (Lipinski definition) is 6. The maximum absolute atomic E-state index is 10.6. The molecular formula is C11H24N2O6. The first-order valence-corrected chi connectivity index (χ1v) is 5.93. The predicted octanol–water partition coefficient (Wildman–Crippen LogP) is -2.88. The molecule has 0 saturated heterocycles. The molecule has 0 bridgehead atoms. The third-order valence-corrected chi connectivity index (χ3v) is 2.10. The first-order chi connectivity index (χ1) is 8.85. The molecule has 0 aromatic rings. The van der Waals surface area contributed by atoms with Gasteiger partial charge in [-0.05, 0) is 13.0 Å². The lowest BCUT2D eigenvalue weighted by atomic mass is 10.0. The first kappa shape index (κ1) is 20.3. The van der Waals surface area contributed by atoms with Crippen molar-refractivity contribution in [2.75, 3.05) is 13.2 Å². The van der Waals surface area contributed by atoms with Crippen molar-refractivity contribution in [3.8, 4) is 0 Å². The molecule has 0 spiro atoms. The van der Waals surface area contributed by atoms with E-state index in [4.69, 9.17) is 15.9 Å². The Balaban J connectivity index is 0. The van der Waals surface area contributed by atoms with Crippen molar-refractivity contribution in [3.05, 3.63) is 0 Å². The standard InChI is InChI=1S/C8H15NO6.C3H9N/c1-4(12)9-5(2-10)7(14)8(15)6(13)3-11;1-2-3-4/h2,5-8,11,13-15H,3H2,1H3,(H,9,12);2-4H2,1H3/t5-,6+,7+,8+;/m0./s1. The minimum absolute atomic E-state index is 0.235. The Hall–Kier alpha value is -1.06. The molecule has 0 aromatic carbocycles. The highest BCUT2D eigenvalue weighted by molar-refractivity contribution is 5.77. The van der Waals surface area contributed by atoms with Gasteiger partial charge in [-0.2, -0.15) is 0 Å². The molecule has 19 heavy (non-hydrogen) atoms. The maximum atomic E-state index is 10.6. The number of carbonyl (C=O) groups excluding carboxylic acids is 2. The van der Waals surface area contributed by atoms with E-state index in [1.165, 1.54) is 0 Å². The lowest BCUT2D eigenvalue weighted by molar-refractivity contribution is -0.129. The van der Waals surface area contributed by atoms with Gasteiger partial charge >= 0.3 is 0 Å². The van der Waals surface area contributed by atoms with E-state index >= 15 is 0 Å². The minimum atomic E-state index is -1.71. The number of nitrogens with two attached hydrogens (primary N) is 1. The Kier molecular flexibility index (Phi) is 12.8. The zero-order chi connectivity index (χ0) is 15.4. The smallest absolute Gasteiger partial charge is 0.217 e. The van der Waals surface area contributed by atoms with Gasteiger partial charge < -0.3 is 36.3 Å². The highest BCUT2D eigenvalue weighted by atomic mass is 16.4. The Morgan fingerprint density at radius 3 is 2.05 bits per heavy atom. The first-order valence-electron chi connectivity index (χ1n) is 5.93. The molecule has 0 radical (unpaired) electrons. The topological polar surface area (TPSA) is 153 Å². The SMILES string of the molecule is CC(=O)N[C@@H](C=O)[C@@H](O)[C@H](O)[C@H](O)CO.CCCN. The average Bonchev–Trinajstić information content (AvgIpc) is 2.42. The highest BCUT2D eigenvalue weighted by Gasteiger charge is 2.31. The molecule has 114 valence electrons. The Bertz CT molecular complexity index is 249. The zero-order valence-corrected chi connectivity index (χ0v) is 11.2. The van der Waals surface area contributed by atoms with E-state index in [1.807, 2.05) is 0 Å². The van der Waals surface area contributed by atoms with Crippen LogP contribution in [0.1, 0.15) is 20.3 Å². The van der Waals surface area contributed by atoms with Crippen LogP contribution in [-0.2, 0) is 9.59 Å². The predicted molar refractivity (Wildman–Crippen MR) is 68.1 cm³/mol. The van der Waals surface area contributed by atoms with Gasteiger partial charge in [0.15, 0.2) is 0 Å². The molecule has 8 nitrogen and oxygen atoms in total. The summed E-state index contributed by atoms with van der Waals surface area (Å²) in [7, 11) is 0. The Labute approximate surface area is 112 Å². The quantitative estimate of drug-likeness (QED) is 0.274. The summed E-state index contributed by atoms with van der Waals surface area (Å²) in [6, 6.07) is -1.32. The third-order valence-electron chi connectivity index (χ3n) is 2.10. The summed E-state index contributed by atoms with van der Waals surface area (Å²) in [5.41, 5.74) is 5.03. The summed E-state index contributed by atoms with van der Waals surface area (Å²) in [6.07, 6.45) is -3.62. The van der Waals surface area contributed by atoms with Crippen LogP contribution >= 0.6 is 0 Å². The summed E-state index contributed by atoms with van der Waals surface area (Å²) in [4.78, 5) is 21.1. The van der Waals surface area contributed by atoms with E-state index in [0.29, 0.717) is 0 Å². The molecule has 8 heteroatoms. The van der Waals surface area contributed by atoms with Gasteiger partial charge in [-0.3, -0.25) is 4.79 Å². The number of carbonyl (C=O) groups is 2. The molecule has 0 heterocycles. The molecule has 0 saturated carbocycles. The number of nitrogens with one attached hydrogen (secondary N) is 1. The number of amides is 1. The fraction of sp³-hybridized carbons (Fsp3) is 0.818. The lowest BCUT2D eigenvalue weighted by Crippen LogP contribution is -2.53. The number of rotatable bonds is 7. The van der Waals surface area contributed by atoms with E-state index in [2.05, 4.69) is 12.2 Å². The molecular weight excluding hydrogens is 256 g/mol. The molecule has 0 aromatic heterocycles. The summed E-state index contributed by atoms with van der Waals surface area (Å²) in [5, 5.41) is 38.2. The number of hydrogen-bond acceptors (Lipinski definition) is 7. The fourth-order valence-electron chi connectivity index (χ4n) is 0.983. The Morgan fingerprint density at radius 1 is 1.32 bits per heavy atom. The van der Waals surface area contributed by atoms with Crippen LogP contribution in [0.15, 0.2) is 0 Å². The normalized spacial score (nSPS) is 16.4. The highest BCUT2D eigenvalue weighted by Crippen LogP contribution is 2.03. The second kappa shape index (κ2) is 12.0. The van der Waals surface area contributed by atoms with E-state index in [0.717, 1.165) is 19.9 Å². The van der Waals surface area contributed by atoms with Crippen molar-refractivity contribution in [2.24, 2.45) is 5.73 Å². The largest absolute Gasteiger partial charge is 0.394 e. The van der Waals surface area contributed by atoms with E-state index in [9.17, 15) is 19.8 Å². The molecule has 1 amide bonds. The van der Waals surface area contributed by atoms with Crippen molar-refractivity contribution < 1.29 is 30.0 Å². The van der Waals surface area contributed by atoms with Gasteiger partial charge in [0.05, 0.1) is 6.61 Å². The average molecular weight is 280 g/mol. The molecule has 7 N–H and O–H groups in total. The van der Waals surface area contributed by atoms with Gasteiger partial charge in [0.25, 0.3) is 0 Å². The number of aliphatic hydroxyl groups excluding tert-OH is 4. The monoisotopic (exact) mass is 280 g/mol. The molecule has 0 rings (SSSR count). The van der Waals surface area contributed by atoms with E-state index in [-0.39, 0.29) is 6.29 Å². The van der Waals surface area contributed by atoms with Crippen LogP contribution in [-0.4, -0.2) is 70.1 Å². The summed E-state index contributed by atoms with van der Waals surface area (Å²) < 4.78 is 0. The fourth-order valence-corrected chi connectivity index (χ4v) is 0.983. The van der Waals surface area contributed by atoms with Crippen LogP contribution < -0.4 is 11.1 Å². The zero-order valence-electron chi connectivity index (χ0n) is 11.2. The van der Waals surface area contributed by atoms with Crippen LogP contribution in [0.25, 0.3) is 0 Å². The van der Waals surface area contributed by atoms with Crippen LogP contribution in [0.2, 0.25) is 0 Å². The Morgan fingerprint density at radius 2 is 1.79 bits per heavy atom. The van der Waals surface area contributed by atoms with Crippen molar-refractivity contribution in [3.63, 3.8) is 0 Å². The van der Waals surface area contributed by atoms with Crippen LogP contribution in [0, 0.1) is 0 Å². The van der Waals surface area contributed by atoms with Crippen LogP contribution in [0.4, 0.5) is 0 Å². The van der Waals surface area contributed by atoms with Gasteiger partial charge in [-0.25, -0.2) is 0 Å². The van der Waals surface area contributed by atoms with Gasteiger partial charge in [-0.15, -0.1) is 0 Å². The van der Waals surface area contributed by atoms with Gasteiger partial charge in [-0.1, -0.05) is 6.92 Å². The third kappa shape index (κ3) is 9.51. The molecule has 0 aliphatic carbocycles. The molecule has 0 aliphatic heterocycles.